The van der Waals surface area contributed by atoms with Gasteiger partial charge in [0.25, 0.3) is 5.56 Å². The van der Waals surface area contributed by atoms with Crippen molar-refractivity contribution in [1.29, 1.82) is 0 Å². The molecule has 0 radical (unpaired) electrons. The average molecular weight is 326 g/mol. The van der Waals surface area contributed by atoms with Crippen molar-refractivity contribution in [3.63, 3.8) is 0 Å². The first-order valence-electron chi connectivity index (χ1n) is 7.00. The zero-order valence-corrected chi connectivity index (χ0v) is 12.7. The minimum Gasteiger partial charge on any atom is -0.449 e. The number of aromatic amines is 1. The standard InChI is InChI=1S/C17H11FN2O2S/c18-12-7-3-1-5-10(12)9-23-17-19-14-11-6-2-4-8-13(11)22-15(14)16(21)20-17/h1-8H,9H2,(H,19,20,21). The molecule has 1 N–H and O–H groups in total. The van der Waals surface area contributed by atoms with E-state index in [-0.39, 0.29) is 17.0 Å². The lowest BCUT2D eigenvalue weighted by Gasteiger charge is -2.02. The van der Waals surface area contributed by atoms with Gasteiger partial charge in [-0.1, -0.05) is 42.1 Å². The summed E-state index contributed by atoms with van der Waals surface area (Å²) in [5, 5.41) is 1.23. The maximum absolute atomic E-state index is 13.7. The maximum Gasteiger partial charge on any atom is 0.295 e. The fourth-order valence-corrected chi connectivity index (χ4v) is 3.26. The number of nitrogens with zero attached hydrogens (tertiary/aromatic N) is 1. The van der Waals surface area contributed by atoms with Crippen molar-refractivity contribution in [2.24, 2.45) is 0 Å². The van der Waals surface area contributed by atoms with Crippen molar-refractivity contribution >= 4 is 33.8 Å². The second-order valence-corrected chi connectivity index (χ2v) is 5.99. The molecule has 0 atom stereocenters. The van der Waals surface area contributed by atoms with Crippen LogP contribution in [0.3, 0.4) is 0 Å². The molecule has 0 spiro atoms. The Bertz CT molecular complexity index is 1070. The van der Waals surface area contributed by atoms with E-state index in [2.05, 4.69) is 9.97 Å². The van der Waals surface area contributed by atoms with Gasteiger partial charge in [0.15, 0.2) is 5.16 Å². The molecular weight excluding hydrogens is 315 g/mol. The van der Waals surface area contributed by atoms with Gasteiger partial charge in [-0.05, 0) is 23.8 Å². The lowest BCUT2D eigenvalue weighted by atomic mass is 10.2. The first kappa shape index (κ1) is 14.0. The Labute approximate surface area is 134 Å². The highest BCUT2D eigenvalue weighted by Crippen LogP contribution is 2.27. The second kappa shape index (κ2) is 5.55. The number of hydrogen-bond donors (Lipinski definition) is 1. The van der Waals surface area contributed by atoms with Crippen LogP contribution in [0.25, 0.3) is 22.1 Å². The first-order valence-corrected chi connectivity index (χ1v) is 7.99. The van der Waals surface area contributed by atoms with E-state index in [1.807, 2.05) is 18.2 Å². The Hall–Kier alpha value is -2.60. The number of nitrogens with one attached hydrogen (secondary N) is 1. The van der Waals surface area contributed by atoms with E-state index in [1.165, 1.54) is 17.8 Å². The first-order chi connectivity index (χ1) is 11.2. The summed E-state index contributed by atoms with van der Waals surface area (Å²) in [5.74, 6) is 0.119. The van der Waals surface area contributed by atoms with Crippen LogP contribution in [0.4, 0.5) is 4.39 Å². The van der Waals surface area contributed by atoms with Gasteiger partial charge < -0.3 is 4.42 Å². The molecule has 0 aliphatic heterocycles. The molecule has 2 heterocycles. The summed E-state index contributed by atoms with van der Waals surface area (Å²) in [6.07, 6.45) is 0. The number of thioether (sulfide) groups is 1. The highest BCUT2D eigenvalue weighted by Gasteiger charge is 2.13. The van der Waals surface area contributed by atoms with Gasteiger partial charge in [0.2, 0.25) is 5.58 Å². The molecule has 4 nitrogen and oxygen atoms in total. The van der Waals surface area contributed by atoms with Gasteiger partial charge in [-0.15, -0.1) is 0 Å². The molecule has 2 aromatic heterocycles. The Morgan fingerprint density at radius 3 is 2.78 bits per heavy atom. The zero-order valence-electron chi connectivity index (χ0n) is 11.9. The summed E-state index contributed by atoms with van der Waals surface area (Å²) in [4.78, 5) is 19.3. The van der Waals surface area contributed by atoms with E-state index in [1.54, 1.807) is 24.3 Å². The molecule has 0 unspecified atom stereocenters. The summed E-state index contributed by atoms with van der Waals surface area (Å²) >= 11 is 1.28. The Morgan fingerprint density at radius 2 is 1.91 bits per heavy atom. The predicted octanol–water partition coefficient (Wildman–Crippen LogP) is 4.10. The summed E-state index contributed by atoms with van der Waals surface area (Å²) in [6.45, 7) is 0. The summed E-state index contributed by atoms with van der Waals surface area (Å²) in [7, 11) is 0. The number of hydrogen-bond acceptors (Lipinski definition) is 4. The minimum absolute atomic E-state index is 0.210. The van der Waals surface area contributed by atoms with E-state index in [0.29, 0.717) is 27.6 Å². The number of benzene rings is 2. The third-order valence-corrected chi connectivity index (χ3v) is 4.45. The van der Waals surface area contributed by atoms with Gasteiger partial charge in [-0.3, -0.25) is 9.78 Å². The van der Waals surface area contributed by atoms with Crippen molar-refractivity contribution in [1.82, 2.24) is 9.97 Å². The van der Waals surface area contributed by atoms with E-state index in [4.69, 9.17) is 4.42 Å². The van der Waals surface area contributed by atoms with Crippen LogP contribution in [0.2, 0.25) is 0 Å². The molecule has 6 heteroatoms. The molecule has 0 amide bonds. The van der Waals surface area contributed by atoms with Gasteiger partial charge in [0.1, 0.15) is 16.9 Å². The molecule has 4 rings (SSSR count). The van der Waals surface area contributed by atoms with E-state index < -0.39 is 0 Å². The highest BCUT2D eigenvalue weighted by atomic mass is 32.2. The second-order valence-electron chi connectivity index (χ2n) is 5.03. The molecule has 0 saturated heterocycles. The summed E-state index contributed by atoms with van der Waals surface area (Å²) in [5.41, 5.74) is 1.60. The molecule has 0 aliphatic carbocycles. The Kier molecular flexibility index (Phi) is 3.38. The largest absolute Gasteiger partial charge is 0.449 e. The van der Waals surface area contributed by atoms with Crippen LogP contribution in [0, 0.1) is 5.82 Å². The van der Waals surface area contributed by atoms with Crippen LogP contribution in [0.15, 0.2) is 62.9 Å². The molecule has 0 bridgehead atoms. The number of halogens is 1. The monoisotopic (exact) mass is 326 g/mol. The van der Waals surface area contributed by atoms with Crippen molar-refractivity contribution < 1.29 is 8.81 Å². The summed E-state index contributed by atoms with van der Waals surface area (Å²) in [6, 6.07) is 13.9. The van der Waals surface area contributed by atoms with Crippen molar-refractivity contribution in [2.45, 2.75) is 10.9 Å². The Morgan fingerprint density at radius 1 is 1.13 bits per heavy atom. The SMILES string of the molecule is O=c1[nH]c(SCc2ccccc2F)nc2c1oc1ccccc12. The molecule has 0 saturated carbocycles. The minimum atomic E-state index is -0.331. The van der Waals surface area contributed by atoms with E-state index in [0.717, 1.165) is 5.39 Å². The van der Waals surface area contributed by atoms with E-state index >= 15 is 0 Å². The van der Waals surface area contributed by atoms with Crippen LogP contribution in [0.1, 0.15) is 5.56 Å². The molecule has 0 aliphatic rings. The number of rotatable bonds is 3. The number of H-pyrrole nitrogens is 1. The fourth-order valence-electron chi connectivity index (χ4n) is 2.41. The number of fused-ring (bicyclic) bond motifs is 3. The molecule has 2 aromatic carbocycles. The van der Waals surface area contributed by atoms with Crippen LogP contribution in [0.5, 0.6) is 0 Å². The average Bonchev–Trinajstić information content (AvgIpc) is 2.94. The van der Waals surface area contributed by atoms with Crippen LogP contribution >= 0.6 is 11.8 Å². The number of aromatic nitrogens is 2. The van der Waals surface area contributed by atoms with Crippen molar-refractivity contribution in [3.8, 4) is 0 Å². The molecule has 23 heavy (non-hydrogen) atoms. The zero-order chi connectivity index (χ0) is 15.8. The van der Waals surface area contributed by atoms with Gasteiger partial charge >= 0.3 is 0 Å². The third-order valence-electron chi connectivity index (χ3n) is 3.53. The quantitative estimate of drug-likeness (QED) is 0.455. The molecule has 0 fully saturated rings. The molecular formula is C17H11FN2O2S. The predicted molar refractivity (Wildman–Crippen MR) is 88.1 cm³/mol. The summed E-state index contributed by atoms with van der Waals surface area (Å²) < 4.78 is 19.2. The third kappa shape index (κ3) is 2.51. The number of para-hydroxylation sites is 1. The Balaban J connectivity index is 1.75. The normalized spacial score (nSPS) is 11.3. The van der Waals surface area contributed by atoms with Crippen LogP contribution < -0.4 is 5.56 Å². The highest BCUT2D eigenvalue weighted by molar-refractivity contribution is 7.98. The van der Waals surface area contributed by atoms with Gasteiger partial charge in [0, 0.05) is 11.1 Å². The van der Waals surface area contributed by atoms with E-state index in [9.17, 15) is 9.18 Å². The van der Waals surface area contributed by atoms with Crippen LogP contribution in [-0.2, 0) is 5.75 Å². The lowest BCUT2D eigenvalue weighted by Crippen LogP contribution is -2.07. The van der Waals surface area contributed by atoms with Crippen LogP contribution in [-0.4, -0.2) is 9.97 Å². The van der Waals surface area contributed by atoms with Gasteiger partial charge in [0.05, 0.1) is 0 Å². The fraction of sp³-hybridized carbons (Fsp3) is 0.0588. The van der Waals surface area contributed by atoms with Gasteiger partial charge in [-0.25, -0.2) is 9.37 Å². The smallest absolute Gasteiger partial charge is 0.295 e. The maximum atomic E-state index is 13.7. The lowest BCUT2D eigenvalue weighted by molar-refractivity contribution is 0.617. The van der Waals surface area contributed by atoms with Crippen molar-refractivity contribution in [2.75, 3.05) is 0 Å². The molecule has 114 valence electrons. The van der Waals surface area contributed by atoms with Crippen molar-refractivity contribution in [3.05, 3.63) is 70.3 Å². The topological polar surface area (TPSA) is 58.9 Å². The molecule has 4 aromatic rings. The number of furan rings is 1. The van der Waals surface area contributed by atoms with Gasteiger partial charge in [-0.2, -0.15) is 0 Å².